The molecule has 0 saturated carbocycles. The highest BCUT2D eigenvalue weighted by Gasteiger charge is 2.34. The first-order valence-electron chi connectivity index (χ1n) is 9.98. The van der Waals surface area contributed by atoms with E-state index in [0.29, 0.717) is 18.8 Å². The molecule has 1 aliphatic heterocycles. The van der Waals surface area contributed by atoms with Crippen LogP contribution in [-0.4, -0.2) is 59.8 Å². The zero-order valence-corrected chi connectivity index (χ0v) is 19.3. The third-order valence-electron chi connectivity index (χ3n) is 5.34. The molecule has 4 rings (SSSR count). The average Bonchev–Trinajstić information content (AvgIpc) is 3.35. The summed E-state index contributed by atoms with van der Waals surface area (Å²) in [6.07, 6.45) is 0.207. The maximum atomic E-state index is 12.9. The minimum atomic E-state index is -3.69. The van der Waals surface area contributed by atoms with E-state index in [1.807, 2.05) is 36.6 Å². The Kier molecular flexibility index (Phi) is 5.96. The van der Waals surface area contributed by atoms with Crippen molar-refractivity contribution in [3.63, 3.8) is 0 Å². The second-order valence-electron chi connectivity index (χ2n) is 7.62. The van der Waals surface area contributed by atoms with Gasteiger partial charge in [0.2, 0.25) is 15.9 Å². The van der Waals surface area contributed by atoms with Gasteiger partial charge in [-0.2, -0.15) is 4.31 Å². The van der Waals surface area contributed by atoms with Gasteiger partial charge in [-0.1, -0.05) is 35.0 Å². The van der Waals surface area contributed by atoms with Crippen LogP contribution in [0.5, 0.6) is 0 Å². The number of aryl methyl sites for hydroxylation is 3. The summed E-state index contributed by atoms with van der Waals surface area (Å²) in [5, 5.41) is 6.54. The van der Waals surface area contributed by atoms with Crippen molar-refractivity contribution in [1.82, 2.24) is 19.3 Å². The highest BCUT2D eigenvalue weighted by molar-refractivity contribution is 7.89. The van der Waals surface area contributed by atoms with E-state index in [-0.39, 0.29) is 36.1 Å². The number of hydrogen-bond donors (Lipinski definition) is 0. The van der Waals surface area contributed by atoms with Crippen molar-refractivity contribution in [2.45, 2.75) is 32.1 Å². The highest BCUT2D eigenvalue weighted by Crippen LogP contribution is 2.26. The summed E-state index contributed by atoms with van der Waals surface area (Å²) in [6, 6.07) is 8.13. The largest absolute Gasteiger partial charge is 0.360 e. The van der Waals surface area contributed by atoms with Crippen molar-refractivity contribution in [3.8, 4) is 10.6 Å². The SMILES string of the molecule is Cc1ccc(-c2nc(CC(=O)N3CCN(S(=O)(=O)c4c(C)noc4C)CC3)cs2)cc1. The Morgan fingerprint density at radius 1 is 1.10 bits per heavy atom. The molecule has 0 atom stereocenters. The molecule has 1 aromatic carbocycles. The summed E-state index contributed by atoms with van der Waals surface area (Å²) in [7, 11) is -3.69. The zero-order chi connectivity index (χ0) is 22.2. The van der Waals surface area contributed by atoms with Crippen molar-refractivity contribution >= 4 is 27.3 Å². The van der Waals surface area contributed by atoms with Gasteiger partial charge in [-0.3, -0.25) is 4.79 Å². The second kappa shape index (κ2) is 8.52. The van der Waals surface area contributed by atoms with Crippen molar-refractivity contribution < 1.29 is 17.7 Å². The van der Waals surface area contributed by atoms with Gasteiger partial charge in [-0.05, 0) is 20.8 Å². The molecule has 31 heavy (non-hydrogen) atoms. The third-order valence-corrected chi connectivity index (χ3v) is 8.42. The van der Waals surface area contributed by atoms with E-state index < -0.39 is 10.0 Å². The Balaban J connectivity index is 1.37. The lowest BCUT2D eigenvalue weighted by molar-refractivity contribution is -0.131. The van der Waals surface area contributed by atoms with Crippen molar-refractivity contribution in [2.24, 2.45) is 0 Å². The van der Waals surface area contributed by atoms with Crippen LogP contribution in [0.2, 0.25) is 0 Å². The van der Waals surface area contributed by atoms with Crippen LogP contribution in [0, 0.1) is 20.8 Å². The van der Waals surface area contributed by atoms with Gasteiger partial charge < -0.3 is 9.42 Å². The topological polar surface area (TPSA) is 96.6 Å². The normalized spacial score (nSPS) is 15.4. The second-order valence-corrected chi connectivity index (χ2v) is 10.4. The fourth-order valence-corrected chi connectivity index (χ4v) is 6.17. The van der Waals surface area contributed by atoms with Crippen molar-refractivity contribution in [2.75, 3.05) is 26.2 Å². The van der Waals surface area contributed by atoms with Crippen LogP contribution in [0.25, 0.3) is 10.6 Å². The van der Waals surface area contributed by atoms with E-state index in [0.717, 1.165) is 16.3 Å². The lowest BCUT2D eigenvalue weighted by atomic mass is 10.2. The molecule has 3 heterocycles. The molecule has 164 valence electrons. The van der Waals surface area contributed by atoms with E-state index in [2.05, 4.69) is 10.1 Å². The highest BCUT2D eigenvalue weighted by atomic mass is 32.2. The van der Waals surface area contributed by atoms with Gasteiger partial charge in [-0.25, -0.2) is 13.4 Å². The van der Waals surface area contributed by atoms with E-state index >= 15 is 0 Å². The first-order chi connectivity index (χ1) is 14.8. The van der Waals surface area contributed by atoms with Crippen LogP contribution in [0.3, 0.4) is 0 Å². The summed E-state index contributed by atoms with van der Waals surface area (Å²) < 4.78 is 32.3. The summed E-state index contributed by atoms with van der Waals surface area (Å²) in [5.74, 6) is 0.235. The van der Waals surface area contributed by atoms with Gasteiger partial charge in [0.15, 0.2) is 5.76 Å². The van der Waals surface area contributed by atoms with Crippen LogP contribution in [0.4, 0.5) is 0 Å². The number of carbonyl (C=O) groups excluding carboxylic acids is 1. The minimum Gasteiger partial charge on any atom is -0.360 e. The molecule has 0 unspecified atom stereocenters. The van der Waals surface area contributed by atoms with Crippen LogP contribution in [-0.2, 0) is 21.2 Å². The minimum absolute atomic E-state index is 0.0462. The van der Waals surface area contributed by atoms with E-state index in [1.165, 1.54) is 21.2 Å². The third kappa shape index (κ3) is 4.41. The Morgan fingerprint density at radius 3 is 2.39 bits per heavy atom. The molecular formula is C21H24N4O4S2. The van der Waals surface area contributed by atoms with Gasteiger partial charge in [-0.15, -0.1) is 11.3 Å². The first-order valence-corrected chi connectivity index (χ1v) is 12.3. The monoisotopic (exact) mass is 460 g/mol. The molecule has 0 N–H and O–H groups in total. The molecular weight excluding hydrogens is 436 g/mol. The number of aromatic nitrogens is 2. The number of thiazole rings is 1. The number of rotatable bonds is 5. The predicted octanol–water partition coefficient (Wildman–Crippen LogP) is 2.80. The van der Waals surface area contributed by atoms with Gasteiger partial charge in [0, 0.05) is 37.1 Å². The Labute approximate surface area is 185 Å². The standard InChI is InChI=1S/C21H24N4O4S2/c1-14-4-6-17(7-5-14)21-22-18(13-30-21)12-19(26)24-8-10-25(11-9-24)31(27,28)20-15(2)23-29-16(20)3/h4-7,13H,8-12H2,1-3H3. The maximum absolute atomic E-state index is 12.9. The van der Waals surface area contributed by atoms with E-state index in [9.17, 15) is 13.2 Å². The Morgan fingerprint density at radius 2 is 1.77 bits per heavy atom. The number of amides is 1. The molecule has 1 amide bonds. The van der Waals surface area contributed by atoms with Crippen molar-refractivity contribution in [1.29, 1.82) is 0 Å². The van der Waals surface area contributed by atoms with E-state index in [1.54, 1.807) is 18.7 Å². The molecule has 0 radical (unpaired) electrons. The number of carbonyl (C=O) groups is 1. The number of benzene rings is 1. The molecule has 1 fully saturated rings. The quantitative estimate of drug-likeness (QED) is 0.581. The molecule has 2 aromatic heterocycles. The Hall–Kier alpha value is -2.56. The van der Waals surface area contributed by atoms with E-state index in [4.69, 9.17) is 4.52 Å². The fourth-order valence-electron chi connectivity index (χ4n) is 3.63. The fraction of sp³-hybridized carbons (Fsp3) is 0.381. The van der Waals surface area contributed by atoms with Gasteiger partial charge in [0.1, 0.15) is 15.6 Å². The maximum Gasteiger partial charge on any atom is 0.248 e. The molecule has 1 saturated heterocycles. The molecule has 0 bridgehead atoms. The molecule has 10 heteroatoms. The average molecular weight is 461 g/mol. The number of hydrogen-bond acceptors (Lipinski definition) is 7. The smallest absolute Gasteiger partial charge is 0.248 e. The molecule has 0 spiro atoms. The molecule has 3 aromatic rings. The molecule has 1 aliphatic rings. The van der Waals surface area contributed by atoms with Crippen LogP contribution in [0.15, 0.2) is 39.1 Å². The first kappa shape index (κ1) is 21.7. The summed E-state index contributed by atoms with van der Waals surface area (Å²) in [6.45, 7) is 6.41. The van der Waals surface area contributed by atoms with Gasteiger partial charge in [0.25, 0.3) is 0 Å². The lowest BCUT2D eigenvalue weighted by Gasteiger charge is -2.33. The molecule has 8 nitrogen and oxygen atoms in total. The van der Waals surface area contributed by atoms with Crippen LogP contribution < -0.4 is 0 Å². The number of piperazine rings is 1. The summed E-state index contributed by atoms with van der Waals surface area (Å²) in [4.78, 5) is 19.2. The van der Waals surface area contributed by atoms with Crippen molar-refractivity contribution in [3.05, 3.63) is 52.4 Å². The summed E-state index contributed by atoms with van der Waals surface area (Å²) in [5.41, 5.74) is 3.30. The number of sulfonamides is 1. The number of nitrogens with zero attached hydrogens (tertiary/aromatic N) is 4. The summed E-state index contributed by atoms with van der Waals surface area (Å²) >= 11 is 1.52. The van der Waals surface area contributed by atoms with Crippen LogP contribution in [0.1, 0.15) is 22.7 Å². The molecule has 0 aliphatic carbocycles. The van der Waals surface area contributed by atoms with Gasteiger partial charge in [0.05, 0.1) is 12.1 Å². The zero-order valence-electron chi connectivity index (χ0n) is 17.7. The Bertz CT molecular complexity index is 1170. The van der Waals surface area contributed by atoms with Crippen LogP contribution >= 0.6 is 11.3 Å². The van der Waals surface area contributed by atoms with Gasteiger partial charge >= 0.3 is 0 Å². The predicted molar refractivity (Wildman–Crippen MR) is 117 cm³/mol. The lowest BCUT2D eigenvalue weighted by Crippen LogP contribution is -2.51.